The van der Waals surface area contributed by atoms with E-state index in [9.17, 15) is 4.79 Å². The first-order chi connectivity index (χ1) is 14.3. The highest BCUT2D eigenvalue weighted by Gasteiger charge is 2.23. The second-order valence-corrected chi connectivity index (χ2v) is 8.06. The van der Waals surface area contributed by atoms with Gasteiger partial charge in [-0.15, -0.1) is 0 Å². The summed E-state index contributed by atoms with van der Waals surface area (Å²) in [6, 6.07) is 18.8. The smallest absolute Gasteiger partial charge is 0.242 e. The van der Waals surface area contributed by atoms with Crippen molar-refractivity contribution in [1.29, 1.82) is 0 Å². The summed E-state index contributed by atoms with van der Waals surface area (Å²) in [6.45, 7) is 6.31. The fourth-order valence-corrected chi connectivity index (χ4v) is 4.30. The fraction of sp³-hybridized carbons (Fsp3) is 0.480. The molecule has 2 aromatic rings. The predicted octanol–water partition coefficient (Wildman–Crippen LogP) is 3.77. The third kappa shape index (κ3) is 5.76. The minimum Gasteiger partial charge on any atom is -0.373 e. The maximum Gasteiger partial charge on any atom is 0.242 e. The van der Waals surface area contributed by atoms with Crippen LogP contribution in [-0.4, -0.2) is 56.1 Å². The Morgan fingerprint density at radius 2 is 1.70 bits per heavy atom. The van der Waals surface area contributed by atoms with E-state index in [0.29, 0.717) is 0 Å². The van der Waals surface area contributed by atoms with Gasteiger partial charge in [-0.3, -0.25) is 9.69 Å². The van der Waals surface area contributed by atoms with Crippen LogP contribution in [0.25, 0.3) is 0 Å². The molecule has 1 saturated heterocycles. The molecule has 5 heteroatoms. The van der Waals surface area contributed by atoms with E-state index in [4.69, 9.17) is 0 Å². The first kappa shape index (κ1) is 22.2. The summed E-state index contributed by atoms with van der Waals surface area (Å²) >= 11 is 0. The van der Waals surface area contributed by atoms with E-state index < -0.39 is 0 Å². The molecule has 2 aromatic carbocycles. The molecule has 2 N–H and O–H groups in total. The van der Waals surface area contributed by atoms with Crippen LogP contribution < -0.4 is 15.5 Å². The lowest BCUT2D eigenvalue weighted by atomic mass is 9.98. The van der Waals surface area contributed by atoms with Crippen molar-refractivity contribution < 1.29 is 4.79 Å². The molecule has 0 saturated carbocycles. The molecule has 2 heterocycles. The summed E-state index contributed by atoms with van der Waals surface area (Å²) in [5, 5.41) is 6.50. The number of hydrogen-bond acceptors (Lipinski definition) is 4. The first-order valence-corrected chi connectivity index (χ1v) is 10.9. The highest BCUT2D eigenvalue weighted by Crippen LogP contribution is 2.24. The number of hydrogen-bond donors (Lipinski definition) is 2. The summed E-state index contributed by atoms with van der Waals surface area (Å²) in [5.41, 5.74) is 3.74. The van der Waals surface area contributed by atoms with Crippen LogP contribution in [0, 0.1) is 0 Å². The Morgan fingerprint density at radius 3 is 2.50 bits per heavy atom. The third-order valence-electron chi connectivity index (χ3n) is 6.06. The predicted molar refractivity (Wildman–Crippen MR) is 126 cm³/mol. The minimum absolute atomic E-state index is 0. The van der Waals surface area contributed by atoms with Crippen molar-refractivity contribution in [3.8, 4) is 0 Å². The third-order valence-corrected chi connectivity index (χ3v) is 6.06. The number of fused-ring (bicyclic) bond motifs is 1. The molecular formula is C25H36N4O. The van der Waals surface area contributed by atoms with Crippen LogP contribution in [0.3, 0.4) is 0 Å². The van der Waals surface area contributed by atoms with Crippen molar-refractivity contribution in [3.05, 3.63) is 60.2 Å². The van der Waals surface area contributed by atoms with Crippen LogP contribution in [0.15, 0.2) is 54.6 Å². The zero-order valence-corrected chi connectivity index (χ0v) is 17.1. The Balaban J connectivity index is 0.00000256. The second-order valence-electron chi connectivity index (χ2n) is 8.06. The van der Waals surface area contributed by atoms with E-state index in [-0.39, 0.29) is 19.4 Å². The van der Waals surface area contributed by atoms with Crippen LogP contribution in [0.4, 0.5) is 11.4 Å². The number of piperazine rings is 1. The van der Waals surface area contributed by atoms with Gasteiger partial charge in [0.05, 0.1) is 0 Å². The largest absolute Gasteiger partial charge is 0.373 e. The summed E-state index contributed by atoms with van der Waals surface area (Å²) in [6.07, 6.45) is 4.01. The molecule has 0 aromatic heterocycles. The summed E-state index contributed by atoms with van der Waals surface area (Å²) in [4.78, 5) is 17.5. The molecule has 0 unspecified atom stereocenters. The summed E-state index contributed by atoms with van der Waals surface area (Å²) in [5.74, 6) is 0.135. The van der Waals surface area contributed by atoms with Crippen molar-refractivity contribution in [2.45, 2.75) is 39.2 Å². The number of nitrogens with zero attached hydrogens (tertiary/aromatic N) is 2. The number of benzene rings is 2. The van der Waals surface area contributed by atoms with Crippen LogP contribution in [0.1, 0.15) is 32.3 Å². The average Bonchev–Trinajstić information content (AvgIpc) is 2.79. The minimum atomic E-state index is -0.101. The van der Waals surface area contributed by atoms with Gasteiger partial charge in [-0.2, -0.15) is 0 Å². The normalized spacial score (nSPS) is 18.7. The van der Waals surface area contributed by atoms with Gasteiger partial charge in [-0.05, 0) is 56.0 Å². The van der Waals surface area contributed by atoms with Crippen LogP contribution in [-0.2, 0) is 11.2 Å². The fourth-order valence-electron chi connectivity index (χ4n) is 4.30. The van der Waals surface area contributed by atoms with Crippen molar-refractivity contribution >= 4 is 17.3 Å². The molecule has 0 spiro atoms. The molecule has 162 valence electrons. The molecule has 4 rings (SSSR count). The van der Waals surface area contributed by atoms with Crippen LogP contribution in [0.5, 0.6) is 0 Å². The van der Waals surface area contributed by atoms with Gasteiger partial charge in [0, 0.05) is 44.1 Å². The van der Waals surface area contributed by atoms with E-state index in [1.54, 1.807) is 0 Å². The first-order valence-electron chi connectivity index (χ1n) is 10.9. The molecule has 0 aliphatic carbocycles. The average molecular weight is 409 g/mol. The van der Waals surface area contributed by atoms with Gasteiger partial charge in [-0.25, -0.2) is 0 Å². The Hall–Kier alpha value is -2.53. The Kier molecular flexibility index (Phi) is 8.14. The maximum atomic E-state index is 12.5. The van der Waals surface area contributed by atoms with E-state index in [1.165, 1.54) is 11.3 Å². The molecule has 5 nitrogen and oxygen atoms in total. The van der Waals surface area contributed by atoms with E-state index >= 15 is 0 Å². The van der Waals surface area contributed by atoms with Crippen LogP contribution >= 0.6 is 0 Å². The molecule has 1 amide bonds. The zero-order valence-electron chi connectivity index (χ0n) is 17.1. The number of carbonyl (C=O) groups excluding carboxylic acids is 1. The molecule has 0 bridgehead atoms. The van der Waals surface area contributed by atoms with Gasteiger partial charge in [0.25, 0.3) is 0 Å². The number of nitrogens with one attached hydrogen (secondary N) is 2. The molecule has 1 atom stereocenters. The lowest BCUT2D eigenvalue weighted by Gasteiger charge is -2.36. The highest BCUT2D eigenvalue weighted by molar-refractivity contribution is 5.85. The van der Waals surface area contributed by atoms with Gasteiger partial charge in [0.2, 0.25) is 5.91 Å². The summed E-state index contributed by atoms with van der Waals surface area (Å²) < 4.78 is 0. The molecule has 2 aliphatic heterocycles. The topological polar surface area (TPSA) is 47.6 Å². The van der Waals surface area contributed by atoms with Crippen LogP contribution in [0.2, 0.25) is 0 Å². The Labute approximate surface area is 181 Å². The second kappa shape index (κ2) is 11.0. The number of para-hydroxylation sites is 2. The lowest BCUT2D eigenvalue weighted by Crippen LogP contribution is -2.46. The number of rotatable bonds is 7. The van der Waals surface area contributed by atoms with E-state index in [1.807, 2.05) is 6.07 Å². The quantitative estimate of drug-likeness (QED) is 0.685. The lowest BCUT2D eigenvalue weighted by molar-refractivity contribution is -0.122. The van der Waals surface area contributed by atoms with Gasteiger partial charge in [0.15, 0.2) is 0 Å². The summed E-state index contributed by atoms with van der Waals surface area (Å²) in [7, 11) is 0. The highest BCUT2D eigenvalue weighted by atomic mass is 16.2. The Morgan fingerprint density at radius 1 is 0.967 bits per heavy atom. The monoisotopic (exact) mass is 408 g/mol. The number of carbonyl (C=O) groups is 1. The maximum absolute atomic E-state index is 12.5. The molecule has 1 fully saturated rings. The zero-order chi connectivity index (χ0) is 19.9. The van der Waals surface area contributed by atoms with Crippen molar-refractivity contribution in [3.63, 3.8) is 0 Å². The number of unbranched alkanes of at least 4 members (excludes halogenated alkanes) is 1. The molecule has 30 heavy (non-hydrogen) atoms. The van der Waals surface area contributed by atoms with Gasteiger partial charge >= 0.3 is 0 Å². The molecule has 2 aliphatic rings. The van der Waals surface area contributed by atoms with Gasteiger partial charge < -0.3 is 15.5 Å². The number of aryl methyl sites for hydroxylation is 1. The SMILES string of the molecule is C.O=C(NCCCCN1CCN(c2ccccc2)CC1)[C@@H]1CCc2ccccc2N1. The van der Waals surface area contributed by atoms with Gasteiger partial charge in [-0.1, -0.05) is 43.8 Å². The molecular weight excluding hydrogens is 372 g/mol. The number of anilines is 2. The van der Waals surface area contributed by atoms with Gasteiger partial charge in [0.1, 0.15) is 6.04 Å². The van der Waals surface area contributed by atoms with Crippen molar-refractivity contribution in [2.75, 3.05) is 49.5 Å². The van der Waals surface area contributed by atoms with Crippen molar-refractivity contribution in [1.82, 2.24) is 10.2 Å². The van der Waals surface area contributed by atoms with E-state index in [0.717, 1.165) is 70.6 Å². The number of amides is 1. The molecule has 0 radical (unpaired) electrons. The Bertz CT molecular complexity index is 787. The van der Waals surface area contributed by atoms with Crippen molar-refractivity contribution in [2.24, 2.45) is 0 Å². The standard InChI is InChI=1S/C24H32N4O.CH4/c29-24(23-13-12-20-8-4-5-11-22(20)26-23)25-14-6-7-15-27-16-18-28(19-17-27)21-9-2-1-3-10-21;/h1-5,8-11,23,26H,6-7,12-19H2,(H,25,29);1H4/t23-;/m0./s1. The van der Waals surface area contributed by atoms with E-state index in [2.05, 4.69) is 69.0 Å².